The molecule has 0 spiro atoms. The van der Waals surface area contributed by atoms with E-state index in [1.54, 1.807) is 16.0 Å². The molecule has 0 unspecified atom stereocenters. The molecule has 9 heteroatoms. The normalized spacial score (nSPS) is 17.6. The van der Waals surface area contributed by atoms with Crippen molar-refractivity contribution >= 4 is 28.5 Å². The fourth-order valence-corrected chi connectivity index (χ4v) is 7.06. The third-order valence-electron chi connectivity index (χ3n) is 10.1. The van der Waals surface area contributed by atoms with Crippen LogP contribution in [0.25, 0.3) is 33.4 Å². The van der Waals surface area contributed by atoms with Gasteiger partial charge < -0.3 is 29.7 Å². The quantitative estimate of drug-likeness (QED) is 0.200. The molecular weight excluding hydrogens is 604 g/mol. The molecule has 1 saturated heterocycles. The largest absolute Gasteiger partial charge is 0.491 e. The molecule has 1 saturated carbocycles. The molecule has 3 aromatic carbocycles. The van der Waals surface area contributed by atoms with Gasteiger partial charge in [-0.15, -0.1) is 0 Å². The van der Waals surface area contributed by atoms with Crippen LogP contribution in [0.5, 0.6) is 5.75 Å². The number of nitrogens with zero attached hydrogens (tertiary/aromatic N) is 3. The van der Waals surface area contributed by atoms with Crippen molar-refractivity contribution in [3.05, 3.63) is 101 Å². The molecular formula is C39H38N4O5. The van der Waals surface area contributed by atoms with E-state index < -0.39 is 5.60 Å². The molecule has 9 nitrogen and oxygen atoms in total. The van der Waals surface area contributed by atoms with Crippen molar-refractivity contribution in [2.45, 2.75) is 50.7 Å². The molecule has 4 heterocycles. The van der Waals surface area contributed by atoms with Crippen molar-refractivity contribution in [1.82, 2.24) is 14.9 Å². The van der Waals surface area contributed by atoms with Gasteiger partial charge in [0.25, 0.3) is 11.8 Å². The van der Waals surface area contributed by atoms with Crippen LogP contribution in [-0.2, 0) is 6.61 Å². The van der Waals surface area contributed by atoms with Gasteiger partial charge >= 0.3 is 0 Å². The van der Waals surface area contributed by atoms with Crippen LogP contribution < -0.4 is 9.64 Å². The summed E-state index contributed by atoms with van der Waals surface area (Å²) in [5.74, 6) is 1.01. The van der Waals surface area contributed by atoms with Gasteiger partial charge in [0.2, 0.25) is 0 Å². The van der Waals surface area contributed by atoms with E-state index in [0.717, 1.165) is 27.8 Å². The molecule has 0 radical (unpaired) electrons. The number of fused-ring (bicyclic) bond motifs is 2. The summed E-state index contributed by atoms with van der Waals surface area (Å²) in [4.78, 5) is 38.6. The van der Waals surface area contributed by atoms with Crippen molar-refractivity contribution in [3.63, 3.8) is 0 Å². The minimum Gasteiger partial charge on any atom is -0.491 e. The summed E-state index contributed by atoms with van der Waals surface area (Å²) in [6.45, 7) is 3.35. The van der Waals surface area contributed by atoms with Crippen molar-refractivity contribution < 1.29 is 24.5 Å². The summed E-state index contributed by atoms with van der Waals surface area (Å²) in [7, 11) is 0. The topological polar surface area (TPSA) is 119 Å². The van der Waals surface area contributed by atoms with Crippen LogP contribution in [0.4, 0.5) is 5.69 Å². The zero-order chi connectivity index (χ0) is 33.0. The van der Waals surface area contributed by atoms with E-state index in [1.165, 1.54) is 18.4 Å². The van der Waals surface area contributed by atoms with E-state index in [4.69, 9.17) is 4.74 Å². The number of hydrogen-bond donors (Lipinski definition) is 3. The van der Waals surface area contributed by atoms with Crippen LogP contribution in [0.2, 0.25) is 0 Å². The third-order valence-corrected chi connectivity index (χ3v) is 10.1. The SMILES string of the molecule is CC1(O)CCN(C(=O)c2ccc(-c3cc4c(-c5cccc(N6CCOc7cc(C8CC8)ccc7C6=O)c5CO)ccnc4[nH]3)cc2)CC1. The average Bonchev–Trinajstić information content (AvgIpc) is 3.89. The van der Waals surface area contributed by atoms with Crippen LogP contribution in [-0.4, -0.2) is 68.7 Å². The van der Waals surface area contributed by atoms with E-state index in [1.807, 2.05) is 79.7 Å². The van der Waals surface area contributed by atoms with Gasteiger partial charge in [0, 0.05) is 41.5 Å². The Labute approximate surface area is 278 Å². The number of piperidine rings is 1. The van der Waals surface area contributed by atoms with Gasteiger partial charge in [0.15, 0.2) is 0 Å². The Hall–Kier alpha value is -4.99. The molecule has 3 aliphatic rings. The van der Waals surface area contributed by atoms with Gasteiger partial charge in [0.1, 0.15) is 18.0 Å². The lowest BCUT2D eigenvalue weighted by Crippen LogP contribution is -2.45. The van der Waals surface area contributed by atoms with Crippen LogP contribution in [0, 0.1) is 0 Å². The predicted octanol–water partition coefficient (Wildman–Crippen LogP) is 6.29. The van der Waals surface area contributed by atoms with Gasteiger partial charge in [-0.3, -0.25) is 9.59 Å². The monoisotopic (exact) mass is 642 g/mol. The summed E-state index contributed by atoms with van der Waals surface area (Å²) >= 11 is 0. The minimum atomic E-state index is -0.715. The molecule has 2 fully saturated rings. The summed E-state index contributed by atoms with van der Waals surface area (Å²) < 4.78 is 6.07. The van der Waals surface area contributed by atoms with Crippen molar-refractivity contribution in [1.29, 1.82) is 0 Å². The van der Waals surface area contributed by atoms with Gasteiger partial charge in [-0.2, -0.15) is 0 Å². The maximum Gasteiger partial charge on any atom is 0.262 e. The Bertz CT molecular complexity index is 2040. The van der Waals surface area contributed by atoms with Gasteiger partial charge in [0.05, 0.1) is 30.0 Å². The van der Waals surface area contributed by atoms with Gasteiger partial charge in [-0.05, 0) is 103 Å². The standard InChI is InChI=1S/C39H38N4O5/c1-39(47)14-17-42(18-15-39)37(45)26-9-7-25(8-10-26)33-22-31-29(13-16-40-36(31)41-33)28-3-2-4-34(32(28)23-44)43-19-20-48-35-21-27(24-5-6-24)11-12-30(35)38(43)46/h2-4,7-13,16,21-22,24,44,47H,5-6,14-15,17-20,23H2,1H3,(H,40,41). The lowest BCUT2D eigenvalue weighted by molar-refractivity contribution is -0.00203. The number of aromatic amines is 1. The number of likely N-dealkylation sites (tertiary alicyclic amines) is 1. The fraction of sp³-hybridized carbons (Fsp3) is 0.308. The first-order valence-corrected chi connectivity index (χ1v) is 16.7. The maximum atomic E-state index is 13.9. The number of aliphatic hydroxyl groups is 2. The molecule has 0 bridgehead atoms. The zero-order valence-corrected chi connectivity index (χ0v) is 26.9. The Kier molecular flexibility index (Phi) is 7.53. The number of ether oxygens (including phenoxy) is 1. The number of aromatic nitrogens is 2. The molecule has 2 amide bonds. The lowest BCUT2D eigenvalue weighted by atomic mass is 9.93. The second kappa shape index (κ2) is 11.9. The summed E-state index contributed by atoms with van der Waals surface area (Å²) in [6, 6.07) is 23.2. The summed E-state index contributed by atoms with van der Waals surface area (Å²) in [6.07, 6.45) is 5.23. The second-order valence-electron chi connectivity index (χ2n) is 13.5. The van der Waals surface area contributed by atoms with E-state index in [2.05, 4.69) is 9.97 Å². The Balaban J connectivity index is 1.09. The predicted molar refractivity (Wildman–Crippen MR) is 184 cm³/mol. The molecule has 0 atom stereocenters. The summed E-state index contributed by atoms with van der Waals surface area (Å²) in [5, 5.41) is 21.9. The molecule has 2 aromatic heterocycles. The number of aliphatic hydroxyl groups excluding tert-OH is 1. The number of rotatable bonds is 6. The molecule has 2 aliphatic heterocycles. The fourth-order valence-electron chi connectivity index (χ4n) is 7.06. The first-order chi connectivity index (χ1) is 23.3. The van der Waals surface area contributed by atoms with E-state index in [9.17, 15) is 19.8 Å². The van der Waals surface area contributed by atoms with Crippen molar-refractivity contribution in [2.75, 3.05) is 31.1 Å². The first-order valence-electron chi connectivity index (χ1n) is 16.7. The van der Waals surface area contributed by atoms with E-state index in [-0.39, 0.29) is 18.4 Å². The van der Waals surface area contributed by atoms with Crippen LogP contribution in [0.1, 0.15) is 70.4 Å². The number of pyridine rings is 1. The number of H-pyrrole nitrogens is 1. The van der Waals surface area contributed by atoms with Crippen LogP contribution in [0.3, 0.4) is 0 Å². The second-order valence-corrected chi connectivity index (χ2v) is 13.5. The minimum absolute atomic E-state index is 0.0324. The number of hydrogen-bond acceptors (Lipinski definition) is 6. The van der Waals surface area contributed by atoms with Crippen molar-refractivity contribution in [2.24, 2.45) is 0 Å². The number of benzene rings is 3. The molecule has 3 N–H and O–H groups in total. The smallest absolute Gasteiger partial charge is 0.262 e. The highest BCUT2D eigenvalue weighted by atomic mass is 16.5. The molecule has 244 valence electrons. The molecule has 8 rings (SSSR count). The zero-order valence-electron chi connectivity index (χ0n) is 26.9. The van der Waals surface area contributed by atoms with E-state index in [0.29, 0.717) is 78.8 Å². The van der Waals surface area contributed by atoms with Crippen LogP contribution >= 0.6 is 0 Å². The number of nitrogens with one attached hydrogen (secondary N) is 1. The van der Waals surface area contributed by atoms with Crippen LogP contribution in [0.15, 0.2) is 79.0 Å². The highest BCUT2D eigenvalue weighted by Gasteiger charge is 2.31. The van der Waals surface area contributed by atoms with Gasteiger partial charge in [-0.25, -0.2) is 4.98 Å². The molecule has 48 heavy (non-hydrogen) atoms. The number of carbonyl (C=O) groups is 2. The Morgan fingerprint density at radius 2 is 1.77 bits per heavy atom. The van der Waals surface area contributed by atoms with Gasteiger partial charge in [-0.1, -0.05) is 30.3 Å². The Morgan fingerprint density at radius 3 is 2.52 bits per heavy atom. The number of anilines is 1. The average molecular weight is 643 g/mol. The molecule has 1 aliphatic carbocycles. The van der Waals surface area contributed by atoms with Crippen molar-refractivity contribution in [3.8, 4) is 28.1 Å². The number of amides is 2. The number of carbonyl (C=O) groups excluding carboxylic acids is 2. The molecule has 5 aromatic rings. The highest BCUT2D eigenvalue weighted by molar-refractivity contribution is 6.09. The summed E-state index contributed by atoms with van der Waals surface area (Å²) in [5.41, 5.74) is 7.11. The maximum absolute atomic E-state index is 13.9. The first kappa shape index (κ1) is 30.4. The Morgan fingerprint density at radius 1 is 0.979 bits per heavy atom. The highest BCUT2D eigenvalue weighted by Crippen LogP contribution is 2.43. The van der Waals surface area contributed by atoms with E-state index >= 15 is 0 Å². The third kappa shape index (κ3) is 5.52. The lowest BCUT2D eigenvalue weighted by Gasteiger charge is -2.35.